The van der Waals surface area contributed by atoms with Crippen LogP contribution in [0.25, 0.3) is 11.0 Å². The molecule has 0 radical (unpaired) electrons. The Morgan fingerprint density at radius 1 is 0.864 bits per heavy atom. The van der Waals surface area contributed by atoms with Crippen LogP contribution in [0.15, 0.2) is 72.8 Å². The van der Waals surface area contributed by atoms with Crippen LogP contribution in [0.5, 0.6) is 0 Å². The Hall–Kier alpha value is -4.05. The maximum Gasteiger partial charge on any atom is 0.253 e. The zero-order chi connectivity index (χ0) is 30.7. The number of fused-ring (bicyclic) bond motifs is 1. The normalized spacial score (nSPS) is 13.8. The molecule has 1 saturated heterocycles. The summed E-state index contributed by atoms with van der Waals surface area (Å²) in [6.45, 7) is 7.03. The molecule has 9 nitrogen and oxygen atoms in total. The highest BCUT2D eigenvalue weighted by Gasteiger charge is 2.19. The van der Waals surface area contributed by atoms with Crippen molar-refractivity contribution in [1.29, 1.82) is 5.41 Å². The minimum Gasteiger partial charge on any atom is -0.384 e. The van der Waals surface area contributed by atoms with Crippen molar-refractivity contribution in [1.82, 2.24) is 19.4 Å². The van der Waals surface area contributed by atoms with Crippen LogP contribution < -0.4 is 11.5 Å². The van der Waals surface area contributed by atoms with Crippen molar-refractivity contribution in [3.63, 3.8) is 0 Å². The number of benzene rings is 3. The van der Waals surface area contributed by atoms with Gasteiger partial charge in [0.25, 0.3) is 5.91 Å². The summed E-state index contributed by atoms with van der Waals surface area (Å²) in [7, 11) is 0. The molecule has 2 heterocycles. The van der Waals surface area contributed by atoms with Crippen LogP contribution in [0.2, 0.25) is 0 Å². The van der Waals surface area contributed by atoms with E-state index in [2.05, 4.69) is 27.7 Å². The molecule has 4 aromatic rings. The number of amidine groups is 1. The van der Waals surface area contributed by atoms with Gasteiger partial charge >= 0.3 is 0 Å². The van der Waals surface area contributed by atoms with Crippen LogP contribution in [-0.4, -0.2) is 83.6 Å². The number of aromatic nitrogens is 2. The predicted molar refractivity (Wildman–Crippen MR) is 176 cm³/mol. The van der Waals surface area contributed by atoms with Crippen LogP contribution in [-0.2, 0) is 30.5 Å². The van der Waals surface area contributed by atoms with Gasteiger partial charge in [0.15, 0.2) is 0 Å². The Morgan fingerprint density at radius 3 is 2.32 bits per heavy atom. The fourth-order valence-corrected chi connectivity index (χ4v) is 5.91. The van der Waals surface area contributed by atoms with Crippen LogP contribution in [0, 0.1) is 5.41 Å². The first-order valence-electron chi connectivity index (χ1n) is 15.8. The molecule has 1 aromatic heterocycles. The molecule has 0 saturated carbocycles. The topological polar surface area (TPSA) is 126 Å². The van der Waals surface area contributed by atoms with Crippen molar-refractivity contribution >= 4 is 22.8 Å². The van der Waals surface area contributed by atoms with E-state index in [1.807, 2.05) is 59.5 Å². The van der Waals surface area contributed by atoms with E-state index in [9.17, 15) is 4.79 Å². The van der Waals surface area contributed by atoms with Crippen molar-refractivity contribution in [2.45, 2.75) is 38.6 Å². The molecule has 44 heavy (non-hydrogen) atoms. The molecule has 0 spiro atoms. The van der Waals surface area contributed by atoms with E-state index in [-0.39, 0.29) is 11.7 Å². The van der Waals surface area contributed by atoms with Crippen LogP contribution in [0.3, 0.4) is 0 Å². The smallest absolute Gasteiger partial charge is 0.253 e. The van der Waals surface area contributed by atoms with Gasteiger partial charge in [-0.3, -0.25) is 15.1 Å². The first kappa shape index (κ1) is 31.4. The van der Waals surface area contributed by atoms with Gasteiger partial charge in [0.05, 0.1) is 24.2 Å². The minimum absolute atomic E-state index is 0.000565. The molecule has 0 unspecified atom stereocenters. The molecule has 5 rings (SSSR count). The molecule has 3 aromatic carbocycles. The molecule has 1 amide bonds. The Kier molecular flexibility index (Phi) is 11.1. The second kappa shape index (κ2) is 15.6. The standard InChI is InChI=1S/C35H45N7O2/c36-17-21-41(19-4-8-27-6-2-1-3-7-27)35(43)30-14-15-32-31(26-30)39-33(16-11-28-9-12-29(13-10-28)34(37)38)42(32)20-5-18-40-22-24-44-25-23-40/h1-3,6-7,9-10,12-15,26H,4-5,8,11,16-25,36H2,(H3,37,38). The molecule has 9 heteroatoms. The molecule has 1 fully saturated rings. The number of morpholine rings is 1. The zero-order valence-electron chi connectivity index (χ0n) is 25.6. The summed E-state index contributed by atoms with van der Waals surface area (Å²) in [5.74, 6) is 1.09. The Balaban J connectivity index is 1.32. The lowest BCUT2D eigenvalue weighted by atomic mass is 10.1. The van der Waals surface area contributed by atoms with E-state index in [0.29, 0.717) is 25.2 Å². The Morgan fingerprint density at radius 2 is 1.59 bits per heavy atom. The fraction of sp³-hybridized carbons (Fsp3) is 0.400. The number of ether oxygens (including phenoxy) is 1. The summed E-state index contributed by atoms with van der Waals surface area (Å²) in [6.07, 6.45) is 4.41. The van der Waals surface area contributed by atoms with Gasteiger partial charge in [-0.2, -0.15) is 0 Å². The summed E-state index contributed by atoms with van der Waals surface area (Å²) in [4.78, 5) is 23.0. The van der Waals surface area contributed by atoms with Crippen molar-refractivity contribution in [3.05, 3.63) is 101 Å². The number of nitrogen functional groups attached to an aromatic ring is 1. The van der Waals surface area contributed by atoms with Gasteiger partial charge in [0.2, 0.25) is 0 Å². The Labute approximate surface area is 260 Å². The molecule has 0 aliphatic carbocycles. The summed E-state index contributed by atoms with van der Waals surface area (Å²) >= 11 is 0. The first-order chi connectivity index (χ1) is 21.5. The van der Waals surface area contributed by atoms with E-state index in [4.69, 9.17) is 26.6 Å². The van der Waals surface area contributed by atoms with Crippen molar-refractivity contribution in [2.75, 3.05) is 52.5 Å². The SMILES string of the molecule is N=C(N)c1ccc(CCc2nc3cc(C(=O)N(CCN)CCCc4ccccc4)ccc3n2CCCN2CCOCC2)cc1. The molecule has 1 aliphatic rings. The van der Waals surface area contributed by atoms with Crippen LogP contribution >= 0.6 is 0 Å². The third kappa shape index (κ3) is 8.31. The van der Waals surface area contributed by atoms with Gasteiger partial charge in [-0.15, -0.1) is 0 Å². The number of nitrogens with one attached hydrogen (secondary N) is 1. The maximum atomic E-state index is 13.6. The summed E-state index contributed by atoms with van der Waals surface area (Å²) in [6, 6.07) is 24.2. The van der Waals surface area contributed by atoms with E-state index in [1.54, 1.807) is 0 Å². The number of aryl methyl sites for hydroxylation is 4. The van der Waals surface area contributed by atoms with E-state index in [0.717, 1.165) is 93.9 Å². The monoisotopic (exact) mass is 595 g/mol. The number of amides is 1. The summed E-state index contributed by atoms with van der Waals surface area (Å²) < 4.78 is 7.84. The lowest BCUT2D eigenvalue weighted by Crippen LogP contribution is -2.37. The highest BCUT2D eigenvalue weighted by molar-refractivity contribution is 5.97. The number of rotatable bonds is 15. The van der Waals surface area contributed by atoms with Crippen molar-refractivity contribution in [3.8, 4) is 0 Å². The fourth-order valence-electron chi connectivity index (χ4n) is 5.91. The molecule has 0 bridgehead atoms. The lowest BCUT2D eigenvalue weighted by Gasteiger charge is -2.26. The van der Waals surface area contributed by atoms with Crippen molar-refractivity contribution in [2.24, 2.45) is 11.5 Å². The number of carbonyl (C=O) groups is 1. The van der Waals surface area contributed by atoms with Crippen LogP contribution in [0.4, 0.5) is 0 Å². The maximum absolute atomic E-state index is 13.6. The molecular formula is C35H45N7O2. The number of imidazole rings is 1. The number of carbonyl (C=O) groups excluding carboxylic acids is 1. The highest BCUT2D eigenvalue weighted by Crippen LogP contribution is 2.22. The quantitative estimate of drug-likeness (QED) is 0.142. The van der Waals surface area contributed by atoms with Crippen molar-refractivity contribution < 1.29 is 9.53 Å². The average Bonchev–Trinajstić information content (AvgIpc) is 3.40. The van der Waals surface area contributed by atoms with Gasteiger partial charge in [-0.1, -0.05) is 54.6 Å². The molecule has 0 atom stereocenters. The largest absolute Gasteiger partial charge is 0.384 e. The Bertz CT molecular complexity index is 1510. The van der Waals surface area contributed by atoms with Gasteiger partial charge in [0, 0.05) is 63.4 Å². The van der Waals surface area contributed by atoms with Gasteiger partial charge in [-0.05, 0) is 55.0 Å². The molecular weight excluding hydrogens is 550 g/mol. The van der Waals surface area contributed by atoms with Gasteiger partial charge < -0.3 is 25.7 Å². The number of hydrogen-bond acceptors (Lipinski definition) is 6. The highest BCUT2D eigenvalue weighted by atomic mass is 16.5. The lowest BCUT2D eigenvalue weighted by molar-refractivity contribution is 0.0369. The summed E-state index contributed by atoms with van der Waals surface area (Å²) in [5.41, 5.74) is 17.3. The molecule has 1 aliphatic heterocycles. The number of nitrogens with zero attached hydrogens (tertiary/aromatic N) is 4. The molecule has 232 valence electrons. The minimum atomic E-state index is -0.000565. The average molecular weight is 596 g/mol. The van der Waals surface area contributed by atoms with Gasteiger partial charge in [0.1, 0.15) is 11.7 Å². The van der Waals surface area contributed by atoms with Crippen LogP contribution in [0.1, 0.15) is 45.7 Å². The number of hydrogen-bond donors (Lipinski definition) is 3. The zero-order valence-corrected chi connectivity index (χ0v) is 25.6. The number of nitrogens with two attached hydrogens (primary N) is 2. The van der Waals surface area contributed by atoms with E-state index < -0.39 is 0 Å². The third-order valence-corrected chi connectivity index (χ3v) is 8.36. The molecule has 5 N–H and O–H groups in total. The van der Waals surface area contributed by atoms with E-state index in [1.165, 1.54) is 11.1 Å². The predicted octanol–water partition coefficient (Wildman–Crippen LogP) is 3.86. The second-order valence-corrected chi connectivity index (χ2v) is 11.5. The third-order valence-electron chi connectivity index (χ3n) is 8.36. The first-order valence-corrected chi connectivity index (χ1v) is 15.8. The summed E-state index contributed by atoms with van der Waals surface area (Å²) in [5, 5.41) is 7.66. The van der Waals surface area contributed by atoms with Gasteiger partial charge in [-0.25, -0.2) is 4.98 Å². The van der Waals surface area contributed by atoms with E-state index >= 15 is 0 Å². The second-order valence-electron chi connectivity index (χ2n) is 11.5.